The number of benzene rings is 2. The first-order valence-electron chi connectivity index (χ1n) is 8.69. The Morgan fingerprint density at radius 3 is 2.65 bits per heavy atom. The summed E-state index contributed by atoms with van der Waals surface area (Å²) in [7, 11) is 5.85. The van der Waals surface area contributed by atoms with Gasteiger partial charge >= 0.3 is 0 Å². The molecule has 0 saturated heterocycles. The maximum absolute atomic E-state index is 12.1. The van der Waals surface area contributed by atoms with Crippen molar-refractivity contribution in [3.63, 3.8) is 0 Å². The molecule has 3 rings (SSSR count). The van der Waals surface area contributed by atoms with Crippen molar-refractivity contribution in [1.82, 2.24) is 10.4 Å². The van der Waals surface area contributed by atoms with E-state index in [0.29, 0.717) is 12.8 Å². The fourth-order valence-electron chi connectivity index (χ4n) is 3.32. The highest BCUT2D eigenvalue weighted by Gasteiger charge is 2.07. The molecule has 1 heterocycles. The molecule has 0 bridgehead atoms. The third-order valence-electron chi connectivity index (χ3n) is 4.58. The van der Waals surface area contributed by atoms with Crippen LogP contribution in [0.25, 0.3) is 10.9 Å². The van der Waals surface area contributed by atoms with E-state index in [4.69, 9.17) is 7.85 Å². The molecule has 0 fully saturated rings. The number of hydrogen-bond donors (Lipinski definition) is 2. The molecule has 3 aromatic rings. The second-order valence-corrected chi connectivity index (χ2v) is 6.72. The van der Waals surface area contributed by atoms with E-state index in [2.05, 4.69) is 48.4 Å². The first-order chi connectivity index (χ1) is 12.4. The number of hydrazone groups is 1. The Morgan fingerprint density at radius 1 is 1.19 bits per heavy atom. The SMILES string of the molecule is [B]c1c[nH]c2cc(/C=N/NC(=O)CCc3c(C)cc(C)cc3C)ccc12. The summed E-state index contributed by atoms with van der Waals surface area (Å²) >= 11 is 0. The number of aromatic nitrogens is 1. The second kappa shape index (κ2) is 7.60. The predicted octanol–water partition coefficient (Wildman–Crippen LogP) is 2.97. The van der Waals surface area contributed by atoms with Gasteiger partial charge in [-0.1, -0.05) is 35.3 Å². The van der Waals surface area contributed by atoms with Crippen molar-refractivity contribution in [3.8, 4) is 0 Å². The molecule has 0 atom stereocenters. The van der Waals surface area contributed by atoms with Gasteiger partial charge < -0.3 is 4.98 Å². The van der Waals surface area contributed by atoms with Crippen LogP contribution in [0, 0.1) is 20.8 Å². The zero-order valence-corrected chi connectivity index (χ0v) is 15.4. The van der Waals surface area contributed by atoms with Gasteiger partial charge in [-0.2, -0.15) is 5.10 Å². The summed E-state index contributed by atoms with van der Waals surface area (Å²) in [4.78, 5) is 15.2. The van der Waals surface area contributed by atoms with Crippen molar-refractivity contribution < 1.29 is 4.79 Å². The molecule has 5 heteroatoms. The summed E-state index contributed by atoms with van der Waals surface area (Å²) in [6, 6.07) is 10.1. The topological polar surface area (TPSA) is 57.2 Å². The number of aromatic amines is 1. The molecule has 26 heavy (non-hydrogen) atoms. The van der Waals surface area contributed by atoms with Crippen molar-refractivity contribution >= 4 is 36.3 Å². The van der Waals surface area contributed by atoms with Crippen molar-refractivity contribution in [2.45, 2.75) is 33.6 Å². The number of H-pyrrole nitrogens is 1. The Hall–Kier alpha value is -2.82. The highest BCUT2D eigenvalue weighted by Crippen LogP contribution is 2.18. The molecule has 0 aliphatic heterocycles. The lowest BCUT2D eigenvalue weighted by atomic mass is 9.95. The van der Waals surface area contributed by atoms with E-state index in [9.17, 15) is 4.79 Å². The fraction of sp³-hybridized carbons (Fsp3) is 0.238. The van der Waals surface area contributed by atoms with E-state index < -0.39 is 0 Å². The number of nitrogens with one attached hydrogen (secondary N) is 2. The minimum Gasteiger partial charge on any atom is -0.362 e. The van der Waals surface area contributed by atoms with Gasteiger partial charge in [-0.15, -0.1) is 0 Å². The van der Waals surface area contributed by atoms with Crippen molar-refractivity contribution in [3.05, 3.63) is 64.3 Å². The summed E-state index contributed by atoms with van der Waals surface area (Å²) in [5.41, 5.74) is 10.1. The lowest BCUT2D eigenvalue weighted by Gasteiger charge is -2.10. The molecule has 2 aromatic carbocycles. The van der Waals surface area contributed by atoms with Crippen LogP contribution in [0.2, 0.25) is 0 Å². The number of rotatable bonds is 5. The van der Waals surface area contributed by atoms with Gasteiger partial charge in [-0.3, -0.25) is 4.79 Å². The van der Waals surface area contributed by atoms with E-state index in [1.54, 1.807) is 12.4 Å². The monoisotopic (exact) mass is 343 g/mol. The minimum atomic E-state index is -0.0918. The fourth-order valence-corrected chi connectivity index (χ4v) is 3.32. The van der Waals surface area contributed by atoms with Gasteiger partial charge in [0.25, 0.3) is 0 Å². The number of aryl methyl sites for hydroxylation is 3. The van der Waals surface area contributed by atoms with E-state index in [-0.39, 0.29) is 5.91 Å². The summed E-state index contributed by atoms with van der Waals surface area (Å²) in [5.74, 6) is -0.0918. The van der Waals surface area contributed by atoms with Crippen LogP contribution in [0.1, 0.15) is 34.2 Å². The number of carbonyl (C=O) groups excluding carboxylic acids is 1. The summed E-state index contributed by atoms with van der Waals surface area (Å²) in [6.45, 7) is 6.27. The first kappa shape index (κ1) is 18.0. The Bertz CT molecular complexity index is 965. The molecule has 0 unspecified atom stereocenters. The van der Waals surface area contributed by atoms with Crippen LogP contribution in [0.15, 0.2) is 41.6 Å². The molecule has 4 nitrogen and oxygen atoms in total. The van der Waals surface area contributed by atoms with Gasteiger partial charge in [0.05, 0.1) is 6.21 Å². The molecule has 0 spiro atoms. The molecular formula is C21H22BN3O. The third kappa shape index (κ3) is 4.05. The van der Waals surface area contributed by atoms with E-state index >= 15 is 0 Å². The zero-order valence-electron chi connectivity index (χ0n) is 15.4. The van der Waals surface area contributed by atoms with E-state index in [0.717, 1.165) is 21.9 Å². The Morgan fingerprint density at radius 2 is 1.92 bits per heavy atom. The number of fused-ring (bicyclic) bond motifs is 1. The number of amides is 1. The van der Waals surface area contributed by atoms with Crippen LogP contribution >= 0.6 is 0 Å². The molecule has 1 aromatic heterocycles. The summed E-state index contributed by atoms with van der Waals surface area (Å²) in [5, 5.41) is 5.04. The number of hydrogen-bond acceptors (Lipinski definition) is 2. The number of carbonyl (C=O) groups is 1. The average molecular weight is 343 g/mol. The van der Waals surface area contributed by atoms with Crippen molar-refractivity contribution in [2.75, 3.05) is 0 Å². The number of nitrogens with zero attached hydrogens (tertiary/aromatic N) is 1. The average Bonchev–Trinajstić information content (AvgIpc) is 2.94. The normalized spacial score (nSPS) is 11.3. The first-order valence-corrected chi connectivity index (χ1v) is 8.69. The third-order valence-corrected chi connectivity index (χ3v) is 4.58. The maximum atomic E-state index is 12.1. The van der Waals surface area contributed by atoms with Crippen molar-refractivity contribution in [1.29, 1.82) is 0 Å². The standard InChI is InChI=1S/C21H22BN3O/c1-13-8-14(2)17(15(3)9-13)6-7-21(26)25-24-11-16-4-5-18-19(22)12-23-20(18)10-16/h4-5,8-12,23H,6-7H2,1-3H3,(H,25,26)/b24-11+. The largest absolute Gasteiger partial charge is 0.362 e. The Kier molecular flexibility index (Phi) is 5.26. The maximum Gasteiger partial charge on any atom is 0.240 e. The molecule has 0 aliphatic rings. The van der Waals surface area contributed by atoms with Gasteiger partial charge in [0.15, 0.2) is 0 Å². The quantitative estimate of drug-likeness (QED) is 0.418. The minimum absolute atomic E-state index is 0.0918. The van der Waals surface area contributed by atoms with Crippen LogP contribution in [-0.2, 0) is 11.2 Å². The molecule has 2 radical (unpaired) electrons. The van der Waals surface area contributed by atoms with Crippen LogP contribution in [0.4, 0.5) is 0 Å². The van der Waals surface area contributed by atoms with E-state index in [1.807, 2.05) is 18.2 Å². The van der Waals surface area contributed by atoms with Crippen LogP contribution in [-0.4, -0.2) is 25.0 Å². The van der Waals surface area contributed by atoms with Crippen LogP contribution in [0.5, 0.6) is 0 Å². The van der Waals surface area contributed by atoms with Gasteiger partial charge in [0, 0.05) is 11.9 Å². The Balaban J connectivity index is 1.57. The highest BCUT2D eigenvalue weighted by molar-refractivity contribution is 6.38. The summed E-state index contributed by atoms with van der Waals surface area (Å²) < 4.78 is 0. The van der Waals surface area contributed by atoms with Crippen LogP contribution in [0.3, 0.4) is 0 Å². The molecule has 130 valence electrons. The van der Waals surface area contributed by atoms with Gasteiger partial charge in [-0.05, 0) is 67.1 Å². The molecular weight excluding hydrogens is 321 g/mol. The van der Waals surface area contributed by atoms with E-state index in [1.165, 1.54) is 22.3 Å². The molecule has 2 N–H and O–H groups in total. The highest BCUT2D eigenvalue weighted by atomic mass is 16.2. The van der Waals surface area contributed by atoms with Gasteiger partial charge in [0.1, 0.15) is 7.85 Å². The van der Waals surface area contributed by atoms with Crippen LogP contribution < -0.4 is 10.9 Å². The lowest BCUT2D eigenvalue weighted by molar-refractivity contribution is -0.121. The zero-order chi connectivity index (χ0) is 18.7. The van der Waals surface area contributed by atoms with Gasteiger partial charge in [0.2, 0.25) is 5.91 Å². The molecule has 0 saturated carbocycles. The smallest absolute Gasteiger partial charge is 0.240 e. The summed E-state index contributed by atoms with van der Waals surface area (Å²) in [6.07, 6.45) is 4.53. The molecule has 1 amide bonds. The molecule has 0 aliphatic carbocycles. The van der Waals surface area contributed by atoms with Crippen molar-refractivity contribution in [2.24, 2.45) is 5.10 Å². The second-order valence-electron chi connectivity index (χ2n) is 6.72. The van der Waals surface area contributed by atoms with Gasteiger partial charge in [-0.25, -0.2) is 5.43 Å². The lowest BCUT2D eigenvalue weighted by Crippen LogP contribution is -2.18. The Labute approximate surface area is 155 Å². The predicted molar refractivity (Wildman–Crippen MR) is 108 cm³/mol.